The lowest BCUT2D eigenvalue weighted by molar-refractivity contribution is -0.135. The van der Waals surface area contributed by atoms with E-state index in [2.05, 4.69) is 5.32 Å². The standard InChI is InChI=1S/C24H25N3O3/c1-16-14-18-10-3-5-12-20(18)27(16)21(28)15-26-22(29)24(25-23(26)30)13-7-6-9-17-8-2-4-11-19(17)24/h2-5,8,10-12,16H,6-7,9,13-15H2,1H3,(H,25,30)/t16-,24+/m0/s1. The summed E-state index contributed by atoms with van der Waals surface area (Å²) in [5.74, 6) is -0.537. The van der Waals surface area contributed by atoms with Gasteiger partial charge in [0.05, 0.1) is 0 Å². The van der Waals surface area contributed by atoms with Gasteiger partial charge in [0.15, 0.2) is 0 Å². The number of aryl methyl sites for hydroxylation is 1. The molecule has 6 nitrogen and oxygen atoms in total. The topological polar surface area (TPSA) is 69.7 Å². The summed E-state index contributed by atoms with van der Waals surface area (Å²) in [4.78, 5) is 42.5. The van der Waals surface area contributed by atoms with Crippen LogP contribution < -0.4 is 10.2 Å². The summed E-state index contributed by atoms with van der Waals surface area (Å²) in [5, 5.41) is 2.96. The van der Waals surface area contributed by atoms with Gasteiger partial charge in [0.1, 0.15) is 12.1 Å². The monoisotopic (exact) mass is 403 g/mol. The smallest absolute Gasteiger partial charge is 0.319 e. The van der Waals surface area contributed by atoms with Crippen LogP contribution in [-0.2, 0) is 28.0 Å². The summed E-state index contributed by atoms with van der Waals surface area (Å²) in [5.41, 5.74) is 2.90. The Morgan fingerprint density at radius 1 is 1.07 bits per heavy atom. The van der Waals surface area contributed by atoms with Crippen LogP contribution in [0.5, 0.6) is 0 Å². The minimum atomic E-state index is -1.06. The Balaban J connectivity index is 1.44. The third-order valence-electron chi connectivity index (χ3n) is 6.67. The summed E-state index contributed by atoms with van der Waals surface area (Å²) in [6, 6.07) is 15.2. The molecule has 2 heterocycles. The van der Waals surface area contributed by atoms with E-state index in [0.29, 0.717) is 6.42 Å². The van der Waals surface area contributed by atoms with Gasteiger partial charge in [-0.25, -0.2) is 4.79 Å². The first kappa shape index (κ1) is 18.9. The molecule has 0 aromatic heterocycles. The zero-order chi connectivity index (χ0) is 20.9. The maximum atomic E-state index is 13.6. The van der Waals surface area contributed by atoms with E-state index < -0.39 is 11.6 Å². The van der Waals surface area contributed by atoms with Gasteiger partial charge in [0.2, 0.25) is 5.91 Å². The molecule has 1 saturated heterocycles. The van der Waals surface area contributed by atoms with Crippen molar-refractivity contribution in [2.45, 2.75) is 50.6 Å². The van der Waals surface area contributed by atoms with Crippen molar-refractivity contribution in [1.82, 2.24) is 10.2 Å². The van der Waals surface area contributed by atoms with Crippen LogP contribution in [0.1, 0.15) is 42.9 Å². The number of para-hydroxylation sites is 1. The molecule has 2 atom stereocenters. The van der Waals surface area contributed by atoms with Gasteiger partial charge in [-0.05, 0) is 61.8 Å². The quantitative estimate of drug-likeness (QED) is 0.784. The maximum absolute atomic E-state index is 13.6. The van der Waals surface area contributed by atoms with Gasteiger partial charge < -0.3 is 10.2 Å². The van der Waals surface area contributed by atoms with E-state index in [0.717, 1.165) is 53.0 Å². The molecular formula is C24H25N3O3. The fourth-order valence-electron chi connectivity index (χ4n) is 5.27. The number of carbonyl (C=O) groups is 3. The van der Waals surface area contributed by atoms with Crippen molar-refractivity contribution in [3.05, 3.63) is 65.2 Å². The Hall–Kier alpha value is -3.15. The molecule has 2 aromatic rings. The fraction of sp³-hybridized carbons (Fsp3) is 0.375. The van der Waals surface area contributed by atoms with Gasteiger partial charge >= 0.3 is 6.03 Å². The third-order valence-corrected chi connectivity index (χ3v) is 6.67. The number of nitrogens with one attached hydrogen (secondary N) is 1. The third kappa shape index (κ3) is 2.74. The molecule has 2 aromatic carbocycles. The Morgan fingerprint density at radius 3 is 2.63 bits per heavy atom. The van der Waals surface area contributed by atoms with E-state index in [-0.39, 0.29) is 24.4 Å². The van der Waals surface area contributed by atoms with Crippen LogP contribution in [0.25, 0.3) is 0 Å². The van der Waals surface area contributed by atoms with Crippen LogP contribution in [0, 0.1) is 0 Å². The van der Waals surface area contributed by atoms with E-state index in [1.54, 1.807) is 4.90 Å². The molecule has 30 heavy (non-hydrogen) atoms. The molecule has 2 aliphatic heterocycles. The van der Waals surface area contributed by atoms with Crippen LogP contribution in [0.3, 0.4) is 0 Å². The largest absolute Gasteiger partial charge is 0.325 e. The second kappa shape index (κ2) is 6.97. The van der Waals surface area contributed by atoms with Crippen LogP contribution in [0.4, 0.5) is 10.5 Å². The average Bonchev–Trinajstić information content (AvgIpc) is 3.11. The first-order chi connectivity index (χ1) is 14.5. The number of hydrogen-bond acceptors (Lipinski definition) is 3. The second-order valence-corrected chi connectivity index (χ2v) is 8.54. The molecule has 4 amide bonds. The van der Waals surface area contributed by atoms with Gasteiger partial charge in [0.25, 0.3) is 5.91 Å². The number of anilines is 1. The Bertz CT molecular complexity index is 1050. The van der Waals surface area contributed by atoms with Crippen molar-refractivity contribution in [2.75, 3.05) is 11.4 Å². The minimum absolute atomic E-state index is 0.00299. The normalized spacial score (nSPS) is 25.2. The van der Waals surface area contributed by atoms with Gasteiger partial charge in [-0.15, -0.1) is 0 Å². The number of carbonyl (C=O) groups excluding carboxylic acids is 3. The van der Waals surface area contributed by atoms with Crippen molar-refractivity contribution in [3.8, 4) is 0 Å². The first-order valence-corrected chi connectivity index (χ1v) is 10.6. The number of amides is 4. The first-order valence-electron chi connectivity index (χ1n) is 10.6. The van der Waals surface area contributed by atoms with E-state index >= 15 is 0 Å². The van der Waals surface area contributed by atoms with Crippen molar-refractivity contribution >= 4 is 23.5 Å². The predicted molar refractivity (Wildman–Crippen MR) is 113 cm³/mol. The summed E-state index contributed by atoms with van der Waals surface area (Å²) < 4.78 is 0. The molecule has 1 N–H and O–H groups in total. The Kier molecular flexibility index (Phi) is 4.38. The van der Waals surface area contributed by atoms with Crippen molar-refractivity contribution in [1.29, 1.82) is 0 Å². The average molecular weight is 403 g/mol. The zero-order valence-electron chi connectivity index (χ0n) is 17.1. The lowest BCUT2D eigenvalue weighted by Gasteiger charge is -2.28. The van der Waals surface area contributed by atoms with Crippen molar-refractivity contribution < 1.29 is 14.4 Å². The second-order valence-electron chi connectivity index (χ2n) is 8.54. The van der Waals surface area contributed by atoms with Crippen LogP contribution in [0.2, 0.25) is 0 Å². The van der Waals surface area contributed by atoms with Crippen LogP contribution in [-0.4, -0.2) is 35.3 Å². The zero-order valence-corrected chi connectivity index (χ0v) is 17.1. The molecule has 0 unspecified atom stereocenters. The highest BCUT2D eigenvalue weighted by molar-refractivity contribution is 6.11. The van der Waals surface area contributed by atoms with E-state index in [4.69, 9.17) is 0 Å². The van der Waals surface area contributed by atoms with E-state index in [9.17, 15) is 14.4 Å². The summed E-state index contributed by atoms with van der Waals surface area (Å²) in [6.45, 7) is 1.75. The molecule has 0 radical (unpaired) electrons. The lowest BCUT2D eigenvalue weighted by atomic mass is 9.84. The van der Waals surface area contributed by atoms with Gasteiger partial charge in [-0.2, -0.15) is 0 Å². The number of imide groups is 1. The molecule has 154 valence electrons. The summed E-state index contributed by atoms with van der Waals surface area (Å²) in [6.07, 6.45) is 4.05. The van der Waals surface area contributed by atoms with Gasteiger partial charge in [-0.3, -0.25) is 14.5 Å². The van der Waals surface area contributed by atoms with Crippen LogP contribution in [0.15, 0.2) is 48.5 Å². The van der Waals surface area contributed by atoms with Gasteiger partial charge in [-0.1, -0.05) is 42.5 Å². The number of nitrogens with zero attached hydrogens (tertiary/aromatic N) is 2. The molecule has 1 aliphatic carbocycles. The SMILES string of the molecule is C[C@H]1Cc2ccccc2N1C(=O)CN1C(=O)N[C@@]2(CCCCc3ccccc32)C1=O. The number of urea groups is 1. The highest BCUT2D eigenvalue weighted by Gasteiger charge is 2.54. The van der Waals surface area contributed by atoms with Crippen molar-refractivity contribution in [2.24, 2.45) is 0 Å². The molecule has 1 fully saturated rings. The summed E-state index contributed by atoms with van der Waals surface area (Å²) in [7, 11) is 0. The lowest BCUT2D eigenvalue weighted by Crippen LogP contribution is -2.47. The minimum Gasteiger partial charge on any atom is -0.319 e. The summed E-state index contributed by atoms with van der Waals surface area (Å²) >= 11 is 0. The fourth-order valence-corrected chi connectivity index (χ4v) is 5.27. The molecule has 3 aliphatic rings. The number of benzene rings is 2. The van der Waals surface area contributed by atoms with E-state index in [1.165, 1.54) is 0 Å². The molecule has 1 spiro atoms. The number of fused-ring (bicyclic) bond motifs is 3. The number of rotatable bonds is 2. The predicted octanol–water partition coefficient (Wildman–Crippen LogP) is 3.14. The van der Waals surface area contributed by atoms with Gasteiger partial charge in [0, 0.05) is 11.7 Å². The molecule has 5 rings (SSSR count). The number of hydrogen-bond donors (Lipinski definition) is 1. The Labute approximate surface area is 175 Å². The Morgan fingerprint density at radius 2 is 1.80 bits per heavy atom. The highest BCUT2D eigenvalue weighted by Crippen LogP contribution is 2.39. The molecule has 0 saturated carbocycles. The van der Waals surface area contributed by atoms with Crippen molar-refractivity contribution in [3.63, 3.8) is 0 Å². The molecular weight excluding hydrogens is 378 g/mol. The maximum Gasteiger partial charge on any atom is 0.325 e. The van der Waals surface area contributed by atoms with Crippen LogP contribution >= 0.6 is 0 Å². The highest BCUT2D eigenvalue weighted by atomic mass is 16.2. The molecule has 6 heteroatoms. The molecule has 0 bridgehead atoms. The van der Waals surface area contributed by atoms with E-state index in [1.807, 2.05) is 55.5 Å².